The third kappa shape index (κ3) is 5.59. The average Bonchev–Trinajstić information content (AvgIpc) is 3.07. The predicted molar refractivity (Wildman–Crippen MR) is 161 cm³/mol. The first-order valence-electron chi connectivity index (χ1n) is 14.1. The monoisotopic (exact) mass is 778 g/mol. The minimum absolute atomic E-state index is 0. The van der Waals surface area contributed by atoms with Crippen molar-refractivity contribution in [3.05, 3.63) is 195 Å². The van der Waals surface area contributed by atoms with Crippen LogP contribution in [0.3, 0.4) is 0 Å². The smallest absolute Gasteiger partial charge is 0.297 e. The summed E-state index contributed by atoms with van der Waals surface area (Å²) in [6, 6.07) is 35.8. The second-order valence-corrected chi connectivity index (χ2v) is 10.5. The Labute approximate surface area is 277 Å². The van der Waals surface area contributed by atoms with E-state index in [0.717, 1.165) is 17.8 Å². The molecule has 6 nitrogen and oxygen atoms in total. The maximum Gasteiger partial charge on any atom is 2.00 e. The molecule has 220 valence electrons. The largest absolute Gasteiger partial charge is 2.00 e. The maximum atomic E-state index is 14.5. The molecule has 3 unspecified atom stereocenters. The van der Waals surface area contributed by atoms with Crippen LogP contribution in [0.25, 0.3) is 4.85 Å². The van der Waals surface area contributed by atoms with Crippen molar-refractivity contribution < 1.29 is 28.6 Å². The average molecular weight is 777 g/mol. The van der Waals surface area contributed by atoms with E-state index in [1.807, 2.05) is 78.9 Å². The van der Waals surface area contributed by atoms with Crippen molar-refractivity contribution in [3.8, 4) is 6.07 Å². The van der Waals surface area contributed by atoms with Crippen molar-refractivity contribution in [2.45, 2.75) is 17.8 Å². The summed E-state index contributed by atoms with van der Waals surface area (Å²) in [5, 5.41) is 9.63. The molecule has 46 heavy (non-hydrogen) atoms. The molecule has 4 aromatic heterocycles. The molecule has 7 rings (SSSR count). The molecular weight excluding hydrogens is 757 g/mol. The topological polar surface area (TPSA) is 79.7 Å². The van der Waals surface area contributed by atoms with Crippen molar-refractivity contribution in [2.24, 2.45) is 0 Å². The molecule has 0 amide bonds. The van der Waals surface area contributed by atoms with E-state index in [0.29, 0.717) is 45.3 Å². The summed E-state index contributed by atoms with van der Waals surface area (Å²) in [7, 11) is 0. The molecule has 0 saturated carbocycles. The second-order valence-electron chi connectivity index (χ2n) is 10.5. The number of halogens is 2. The van der Waals surface area contributed by atoms with Crippen molar-refractivity contribution >= 4 is 5.69 Å². The van der Waals surface area contributed by atoms with Gasteiger partial charge < -0.3 is 0 Å². The molecule has 1 aliphatic rings. The second kappa shape index (κ2) is 12.9. The summed E-state index contributed by atoms with van der Waals surface area (Å²) in [4.78, 5) is 23.4. The molecule has 0 N–H and O–H groups in total. The molecule has 5 heterocycles. The first-order chi connectivity index (χ1) is 22.0. The zero-order valence-corrected chi connectivity index (χ0v) is 26.4. The fraction of sp³-hybridized carbons (Fsp3) is 0.0811. The molecule has 6 aromatic rings. The first kappa shape index (κ1) is 30.5. The van der Waals surface area contributed by atoms with E-state index in [2.05, 4.69) is 22.0 Å². The molecule has 0 fully saturated rings. The minimum atomic E-state index is -0.667. The quantitative estimate of drug-likeness (QED) is 0.175. The van der Waals surface area contributed by atoms with Crippen LogP contribution in [0.15, 0.2) is 103 Å². The molecule has 2 aromatic carbocycles. The Bertz CT molecular complexity index is 2030. The zero-order chi connectivity index (χ0) is 30.9. The normalized spacial score (nSPS) is 16.5. The van der Waals surface area contributed by atoms with Gasteiger partial charge in [-0.25, -0.2) is 0 Å². The van der Waals surface area contributed by atoms with Gasteiger partial charge in [0.15, 0.2) is 0 Å². The van der Waals surface area contributed by atoms with Crippen molar-refractivity contribution in [1.82, 2.24) is 19.9 Å². The van der Waals surface area contributed by atoms with Gasteiger partial charge in [-0.2, -0.15) is 35.1 Å². The van der Waals surface area contributed by atoms with Crippen LogP contribution in [0.1, 0.15) is 74.3 Å². The number of rotatable bonds is 3. The Morgan fingerprint density at radius 2 is 1.13 bits per heavy atom. The van der Waals surface area contributed by atoms with Crippen LogP contribution >= 0.6 is 0 Å². The van der Waals surface area contributed by atoms with E-state index in [9.17, 15) is 14.0 Å². The summed E-state index contributed by atoms with van der Waals surface area (Å²) in [5.74, 6) is -3.02. The molecule has 0 aliphatic carbocycles. The van der Waals surface area contributed by atoms with Gasteiger partial charge in [0.05, 0.1) is 58.4 Å². The predicted octanol–water partition coefficient (Wildman–Crippen LogP) is 7.42. The van der Waals surface area contributed by atoms with Gasteiger partial charge in [0.25, 0.3) is 0 Å². The molecule has 6 bridgehead atoms. The Morgan fingerprint density at radius 3 is 1.61 bits per heavy atom. The third-order valence-electron chi connectivity index (χ3n) is 7.82. The van der Waals surface area contributed by atoms with E-state index in [-0.39, 0.29) is 31.0 Å². The summed E-state index contributed by atoms with van der Waals surface area (Å²) in [5.41, 5.74) is 5.28. The first-order valence-corrected chi connectivity index (χ1v) is 14.1. The molecule has 0 radical (unpaired) electrons. The number of fused-ring (bicyclic) bond motifs is 6. The van der Waals surface area contributed by atoms with Gasteiger partial charge in [-0.15, -0.1) is 17.7 Å². The van der Waals surface area contributed by atoms with E-state index < -0.39 is 29.4 Å². The third-order valence-corrected chi connectivity index (χ3v) is 7.82. The molecule has 3 atom stereocenters. The summed E-state index contributed by atoms with van der Waals surface area (Å²) in [6.45, 7) is 7.51. The van der Waals surface area contributed by atoms with Gasteiger partial charge in [-0.3, -0.25) is 33.6 Å². The van der Waals surface area contributed by atoms with E-state index in [1.165, 1.54) is 12.1 Å². The summed E-state index contributed by atoms with van der Waals surface area (Å²) < 4.78 is 28.9. The number of nitriles is 1. The zero-order valence-electron chi connectivity index (χ0n) is 23.8. The standard InChI is InChI=1S/C37H20F2N6.Os/c1-41-34-20-23(15-17-26(34)39)36-30-9-4-8-28(43-30)35(22-14-16-25(38)24(19-22)21-40)29-10-5-12-32(44-29)37(27-7-2-3-18-42-27)33-13-6-11-31(36)45-33;/h2-13,16-20,35-37H;/q-2;+2. The SMILES string of the molecule is [C-]#[N+]c1cc(C2c3cccc(n3)C(c3[c-]cc(F)c(C#N)c3)c3cccc(n3)C(c3ccccn3)c3cccc2n3)[c-]cc1F.[Os+2]. The van der Waals surface area contributed by atoms with Crippen LogP contribution in [0, 0.1) is 41.7 Å². The molecule has 0 spiro atoms. The van der Waals surface area contributed by atoms with Crippen molar-refractivity contribution in [1.29, 1.82) is 5.26 Å². The number of hydrogen-bond acceptors (Lipinski definition) is 5. The van der Waals surface area contributed by atoms with Crippen molar-refractivity contribution in [3.63, 3.8) is 0 Å². The van der Waals surface area contributed by atoms with Crippen LogP contribution in [0.4, 0.5) is 14.5 Å². The van der Waals surface area contributed by atoms with Crippen molar-refractivity contribution in [2.75, 3.05) is 0 Å². The van der Waals surface area contributed by atoms with Crippen LogP contribution in [0.5, 0.6) is 0 Å². The van der Waals surface area contributed by atoms with Gasteiger partial charge >= 0.3 is 19.8 Å². The van der Waals surface area contributed by atoms with E-state index >= 15 is 0 Å². The van der Waals surface area contributed by atoms with E-state index in [4.69, 9.17) is 21.5 Å². The summed E-state index contributed by atoms with van der Waals surface area (Å²) >= 11 is 0. The van der Waals surface area contributed by atoms with Gasteiger partial charge in [0, 0.05) is 29.7 Å². The number of pyridine rings is 4. The van der Waals surface area contributed by atoms with Crippen LogP contribution in [-0.2, 0) is 19.8 Å². The summed E-state index contributed by atoms with van der Waals surface area (Å²) in [6.07, 6.45) is 1.72. The Morgan fingerprint density at radius 1 is 0.652 bits per heavy atom. The van der Waals surface area contributed by atoms with Crippen LogP contribution in [-0.4, -0.2) is 19.9 Å². The number of hydrogen-bond donors (Lipinski definition) is 0. The number of benzene rings is 2. The van der Waals surface area contributed by atoms with Gasteiger partial charge in [-0.1, -0.05) is 24.3 Å². The molecule has 0 saturated heterocycles. The fourth-order valence-electron chi connectivity index (χ4n) is 5.79. The fourth-order valence-corrected chi connectivity index (χ4v) is 5.79. The van der Waals surface area contributed by atoms with Gasteiger partial charge in [-0.05, 0) is 54.1 Å². The van der Waals surface area contributed by atoms with E-state index in [1.54, 1.807) is 6.20 Å². The van der Waals surface area contributed by atoms with Gasteiger partial charge in [0.1, 0.15) is 5.69 Å². The van der Waals surface area contributed by atoms with Crippen LogP contribution in [0.2, 0.25) is 0 Å². The Balaban J connectivity index is 0.00000372. The molecular formula is C37H20F2N6Os. The minimum Gasteiger partial charge on any atom is -0.297 e. The van der Waals surface area contributed by atoms with Crippen LogP contribution < -0.4 is 0 Å². The Hall–Kier alpha value is -5.48. The molecule has 1 aliphatic heterocycles. The maximum absolute atomic E-state index is 14.5. The number of nitrogens with zero attached hydrogens (tertiary/aromatic N) is 6. The van der Waals surface area contributed by atoms with Gasteiger partial charge in [0.2, 0.25) is 0 Å². The Kier molecular flexibility index (Phi) is 8.54. The molecule has 9 heteroatoms. The number of aromatic nitrogens is 4.